The van der Waals surface area contributed by atoms with Gasteiger partial charge in [0.25, 0.3) is 5.91 Å². The first-order valence-corrected chi connectivity index (χ1v) is 9.36. The Balaban J connectivity index is 2.28. The molecule has 0 N–H and O–H groups in total. The molecule has 0 radical (unpaired) electrons. The molecule has 136 valence electrons. The van der Waals surface area contributed by atoms with Crippen LogP contribution in [0.15, 0.2) is 24.3 Å². The van der Waals surface area contributed by atoms with Crippen LogP contribution in [0.1, 0.15) is 61.5 Å². The van der Waals surface area contributed by atoms with E-state index >= 15 is 0 Å². The number of thiazole rings is 1. The highest BCUT2D eigenvalue weighted by molar-refractivity contribution is 7.15. The van der Waals surface area contributed by atoms with Crippen LogP contribution in [0.3, 0.4) is 0 Å². The molecule has 0 fully saturated rings. The molecule has 0 aliphatic heterocycles. The van der Waals surface area contributed by atoms with Crippen LogP contribution in [0, 0.1) is 0 Å². The quantitative estimate of drug-likeness (QED) is 0.757. The second kappa shape index (κ2) is 7.67. The number of hydrogen-bond acceptors (Lipinski definition) is 4. The molecule has 0 saturated heterocycles. The zero-order valence-corrected chi connectivity index (χ0v) is 17.0. The van der Waals surface area contributed by atoms with Gasteiger partial charge < -0.3 is 9.64 Å². The van der Waals surface area contributed by atoms with Gasteiger partial charge in [0.1, 0.15) is 5.01 Å². The molecule has 1 amide bonds. The summed E-state index contributed by atoms with van der Waals surface area (Å²) in [5.74, 6) is 0.409. The van der Waals surface area contributed by atoms with E-state index in [0.717, 1.165) is 16.3 Å². The fraction of sp³-hybridized carbons (Fsp3) is 0.500. The molecule has 4 nitrogen and oxygen atoms in total. The summed E-state index contributed by atoms with van der Waals surface area (Å²) < 4.78 is 5.93. The number of rotatable bonds is 5. The summed E-state index contributed by atoms with van der Waals surface area (Å²) in [6.45, 7) is 11.0. The highest BCUT2D eigenvalue weighted by Crippen LogP contribution is 2.34. The van der Waals surface area contributed by atoms with Crippen LogP contribution < -0.4 is 0 Å². The molecule has 0 bridgehead atoms. The van der Waals surface area contributed by atoms with E-state index in [1.165, 1.54) is 4.88 Å². The van der Waals surface area contributed by atoms with Crippen molar-refractivity contribution >= 4 is 17.2 Å². The molecular formula is C20H28N2O2S. The van der Waals surface area contributed by atoms with E-state index < -0.39 is 0 Å². The van der Waals surface area contributed by atoms with E-state index in [2.05, 4.69) is 34.6 Å². The SMILES string of the molecule is CC(C)c1sc(-c2ccc(C(=O)N(C)C)cc2)nc1COC(C)(C)C. The van der Waals surface area contributed by atoms with Gasteiger partial charge in [-0.3, -0.25) is 4.79 Å². The normalized spacial score (nSPS) is 11.8. The number of ether oxygens (including phenoxy) is 1. The van der Waals surface area contributed by atoms with Gasteiger partial charge in [-0.15, -0.1) is 11.3 Å². The third kappa shape index (κ3) is 5.13. The molecule has 0 aliphatic rings. The van der Waals surface area contributed by atoms with Crippen LogP contribution >= 0.6 is 11.3 Å². The van der Waals surface area contributed by atoms with Gasteiger partial charge >= 0.3 is 0 Å². The van der Waals surface area contributed by atoms with Crippen LogP contribution in [0.25, 0.3) is 10.6 Å². The Hall–Kier alpha value is -1.72. The first-order chi connectivity index (χ1) is 11.6. The van der Waals surface area contributed by atoms with Gasteiger partial charge in [0.15, 0.2) is 0 Å². The minimum Gasteiger partial charge on any atom is -0.370 e. The summed E-state index contributed by atoms with van der Waals surface area (Å²) in [4.78, 5) is 19.7. The predicted molar refractivity (Wildman–Crippen MR) is 104 cm³/mol. The lowest BCUT2D eigenvalue weighted by Crippen LogP contribution is -2.21. The first-order valence-electron chi connectivity index (χ1n) is 8.54. The Morgan fingerprint density at radius 3 is 2.28 bits per heavy atom. The number of nitrogens with zero attached hydrogens (tertiary/aromatic N) is 2. The van der Waals surface area contributed by atoms with E-state index in [1.54, 1.807) is 30.3 Å². The smallest absolute Gasteiger partial charge is 0.253 e. The number of benzene rings is 1. The van der Waals surface area contributed by atoms with Crippen molar-refractivity contribution in [2.75, 3.05) is 14.1 Å². The van der Waals surface area contributed by atoms with Gasteiger partial charge in [-0.05, 0) is 38.8 Å². The molecule has 0 aliphatic carbocycles. The van der Waals surface area contributed by atoms with Crippen molar-refractivity contribution in [1.82, 2.24) is 9.88 Å². The second-order valence-electron chi connectivity index (χ2n) is 7.66. The maximum atomic E-state index is 12.0. The summed E-state index contributed by atoms with van der Waals surface area (Å²) in [5, 5.41) is 0.972. The van der Waals surface area contributed by atoms with Crippen molar-refractivity contribution in [2.45, 2.75) is 52.7 Å². The standard InChI is InChI=1S/C20H28N2O2S/c1-13(2)17-16(12-24-20(3,4)5)21-18(25-17)14-8-10-15(11-9-14)19(23)22(6)7/h8-11,13H,12H2,1-7H3. The molecule has 1 aromatic heterocycles. The maximum Gasteiger partial charge on any atom is 0.253 e. The number of aromatic nitrogens is 1. The lowest BCUT2D eigenvalue weighted by atomic mass is 10.1. The molecular weight excluding hydrogens is 332 g/mol. The largest absolute Gasteiger partial charge is 0.370 e. The van der Waals surface area contributed by atoms with Gasteiger partial charge in [-0.1, -0.05) is 26.0 Å². The van der Waals surface area contributed by atoms with Crippen LogP contribution in [-0.4, -0.2) is 35.5 Å². The van der Waals surface area contributed by atoms with E-state index in [9.17, 15) is 4.79 Å². The average molecular weight is 361 g/mol. The summed E-state index contributed by atoms with van der Waals surface area (Å²) in [7, 11) is 3.51. The van der Waals surface area contributed by atoms with Gasteiger partial charge in [0.05, 0.1) is 17.9 Å². The Bertz CT molecular complexity index is 725. The lowest BCUT2D eigenvalue weighted by Gasteiger charge is -2.19. The maximum absolute atomic E-state index is 12.0. The van der Waals surface area contributed by atoms with Crippen molar-refractivity contribution in [1.29, 1.82) is 0 Å². The fourth-order valence-corrected chi connectivity index (χ4v) is 3.42. The van der Waals surface area contributed by atoms with Gasteiger partial charge in [0.2, 0.25) is 0 Å². The Kier molecular flexibility index (Phi) is 6.01. The second-order valence-corrected chi connectivity index (χ2v) is 8.69. The summed E-state index contributed by atoms with van der Waals surface area (Å²) in [6.07, 6.45) is 0. The van der Waals surface area contributed by atoms with Gasteiger partial charge in [-0.25, -0.2) is 4.98 Å². The number of carbonyl (C=O) groups excluding carboxylic acids is 1. The van der Waals surface area contributed by atoms with Crippen LogP contribution in [0.5, 0.6) is 0 Å². The lowest BCUT2D eigenvalue weighted by molar-refractivity contribution is -0.0166. The van der Waals surface area contributed by atoms with Crippen LogP contribution in [0.4, 0.5) is 0 Å². The molecule has 0 atom stereocenters. The van der Waals surface area contributed by atoms with E-state index in [0.29, 0.717) is 18.1 Å². The Labute approximate surface area is 154 Å². The van der Waals surface area contributed by atoms with E-state index in [1.807, 2.05) is 24.3 Å². The van der Waals surface area contributed by atoms with Crippen LogP contribution in [-0.2, 0) is 11.3 Å². The third-order valence-electron chi connectivity index (χ3n) is 3.68. The van der Waals surface area contributed by atoms with E-state index in [-0.39, 0.29) is 11.5 Å². The third-order valence-corrected chi connectivity index (χ3v) is 5.13. The van der Waals surface area contributed by atoms with E-state index in [4.69, 9.17) is 9.72 Å². The summed E-state index contributed by atoms with van der Waals surface area (Å²) in [5.41, 5.74) is 2.54. The molecule has 2 aromatic rings. The van der Waals surface area contributed by atoms with Crippen molar-refractivity contribution < 1.29 is 9.53 Å². The Morgan fingerprint density at radius 2 is 1.80 bits per heavy atom. The predicted octanol–water partition coefficient (Wildman–Crippen LogP) is 4.95. The van der Waals surface area contributed by atoms with Crippen molar-refractivity contribution in [3.63, 3.8) is 0 Å². The zero-order chi connectivity index (χ0) is 18.8. The van der Waals surface area contributed by atoms with Crippen molar-refractivity contribution in [2.24, 2.45) is 0 Å². The summed E-state index contributed by atoms with van der Waals surface area (Å²) >= 11 is 1.71. The van der Waals surface area contributed by atoms with Gasteiger partial charge in [-0.2, -0.15) is 0 Å². The highest BCUT2D eigenvalue weighted by atomic mass is 32.1. The Morgan fingerprint density at radius 1 is 1.20 bits per heavy atom. The number of amides is 1. The molecule has 5 heteroatoms. The average Bonchev–Trinajstić information content (AvgIpc) is 2.96. The topological polar surface area (TPSA) is 42.4 Å². The number of hydrogen-bond donors (Lipinski definition) is 0. The molecule has 1 aromatic carbocycles. The van der Waals surface area contributed by atoms with Crippen molar-refractivity contribution in [3.05, 3.63) is 40.4 Å². The fourth-order valence-electron chi connectivity index (χ4n) is 2.34. The first kappa shape index (κ1) is 19.6. The molecule has 0 saturated carbocycles. The minimum absolute atomic E-state index is 0.00724. The molecule has 0 unspecified atom stereocenters. The van der Waals surface area contributed by atoms with Crippen LogP contribution in [0.2, 0.25) is 0 Å². The minimum atomic E-state index is -0.188. The summed E-state index contributed by atoms with van der Waals surface area (Å²) in [6, 6.07) is 7.65. The monoisotopic (exact) mass is 360 g/mol. The molecule has 25 heavy (non-hydrogen) atoms. The molecule has 0 spiro atoms. The number of carbonyl (C=O) groups is 1. The zero-order valence-electron chi connectivity index (χ0n) is 16.2. The van der Waals surface area contributed by atoms with Gasteiger partial charge in [0, 0.05) is 30.1 Å². The van der Waals surface area contributed by atoms with Crippen molar-refractivity contribution in [3.8, 4) is 10.6 Å². The highest BCUT2D eigenvalue weighted by Gasteiger charge is 2.19. The molecule has 2 rings (SSSR count). The molecule has 1 heterocycles.